The molecule has 0 aliphatic carbocycles. The zero-order valence-electron chi connectivity index (χ0n) is 11.0. The van der Waals surface area contributed by atoms with Crippen LogP contribution in [-0.4, -0.2) is 24.6 Å². The number of ether oxygens (including phenoxy) is 2. The number of esters is 2. The van der Waals surface area contributed by atoms with Crippen LogP contribution in [0.5, 0.6) is 0 Å². The van der Waals surface area contributed by atoms with Gasteiger partial charge in [-0.1, -0.05) is 39.0 Å². The second-order valence-electron chi connectivity index (χ2n) is 4.63. The molecule has 0 aromatic rings. The molecule has 1 fully saturated rings. The summed E-state index contributed by atoms with van der Waals surface area (Å²) in [5.41, 5.74) is 0. The van der Waals surface area contributed by atoms with Gasteiger partial charge in [-0.15, -0.1) is 6.42 Å². The van der Waals surface area contributed by atoms with Crippen molar-refractivity contribution in [1.29, 1.82) is 0 Å². The van der Waals surface area contributed by atoms with Crippen LogP contribution < -0.4 is 0 Å². The highest BCUT2D eigenvalue weighted by molar-refractivity contribution is 5.85. The smallest absolute Gasteiger partial charge is 0.348 e. The molecule has 4 nitrogen and oxygen atoms in total. The number of unbranched alkanes of at least 4 members (excludes halogenated alkanes) is 2. The van der Waals surface area contributed by atoms with Crippen LogP contribution in [0.3, 0.4) is 0 Å². The second kappa shape index (κ2) is 7.05. The van der Waals surface area contributed by atoms with E-state index in [1.807, 2.05) is 6.92 Å². The summed E-state index contributed by atoms with van der Waals surface area (Å²) in [4.78, 5) is 23.3. The lowest BCUT2D eigenvalue weighted by Gasteiger charge is -2.14. The summed E-state index contributed by atoms with van der Waals surface area (Å²) < 4.78 is 9.91. The molecule has 1 aliphatic rings. The van der Waals surface area contributed by atoms with Crippen molar-refractivity contribution in [3.8, 4) is 12.3 Å². The van der Waals surface area contributed by atoms with E-state index < -0.39 is 12.1 Å². The van der Waals surface area contributed by atoms with Gasteiger partial charge in [0.15, 0.2) is 6.61 Å². The lowest BCUT2D eigenvalue weighted by Crippen LogP contribution is -2.29. The topological polar surface area (TPSA) is 52.6 Å². The number of hydrogen-bond acceptors (Lipinski definition) is 4. The highest BCUT2D eigenvalue weighted by atomic mass is 16.6. The molecule has 18 heavy (non-hydrogen) atoms. The first-order valence-electron chi connectivity index (χ1n) is 6.42. The minimum absolute atomic E-state index is 0.0832. The molecule has 1 heterocycles. The third-order valence-corrected chi connectivity index (χ3v) is 3.31. The summed E-state index contributed by atoms with van der Waals surface area (Å²) in [5, 5.41) is 0. The van der Waals surface area contributed by atoms with Gasteiger partial charge in [-0.2, -0.15) is 0 Å². The zero-order chi connectivity index (χ0) is 13.5. The first kappa shape index (κ1) is 14.6. The van der Waals surface area contributed by atoms with Crippen molar-refractivity contribution in [3.05, 3.63) is 0 Å². The lowest BCUT2D eigenvalue weighted by atomic mass is 9.88. The third kappa shape index (κ3) is 3.49. The molecular weight excluding hydrogens is 232 g/mol. The van der Waals surface area contributed by atoms with E-state index in [0.29, 0.717) is 0 Å². The first-order chi connectivity index (χ1) is 8.61. The van der Waals surface area contributed by atoms with E-state index in [1.54, 1.807) is 0 Å². The molecule has 1 aliphatic heterocycles. The fourth-order valence-electron chi connectivity index (χ4n) is 2.20. The summed E-state index contributed by atoms with van der Waals surface area (Å²) in [7, 11) is 0. The van der Waals surface area contributed by atoms with Gasteiger partial charge in [0, 0.05) is 5.92 Å². The maximum absolute atomic E-state index is 11.7. The fourth-order valence-corrected chi connectivity index (χ4v) is 2.20. The molecule has 0 N–H and O–H groups in total. The molecule has 0 spiro atoms. The van der Waals surface area contributed by atoms with Crippen LogP contribution in [0.1, 0.15) is 39.5 Å². The molecule has 0 unspecified atom stereocenters. The normalized spacial score (nSPS) is 26.5. The van der Waals surface area contributed by atoms with Gasteiger partial charge in [-0.3, -0.25) is 4.79 Å². The van der Waals surface area contributed by atoms with Crippen molar-refractivity contribution in [2.45, 2.75) is 45.6 Å². The predicted molar refractivity (Wildman–Crippen MR) is 66.5 cm³/mol. The molecule has 1 saturated heterocycles. The number of hydrogen-bond donors (Lipinski definition) is 0. The van der Waals surface area contributed by atoms with Crippen molar-refractivity contribution in [3.63, 3.8) is 0 Å². The van der Waals surface area contributed by atoms with Gasteiger partial charge in [0.05, 0.1) is 5.92 Å². The van der Waals surface area contributed by atoms with Gasteiger partial charge in [0.2, 0.25) is 6.10 Å². The van der Waals surface area contributed by atoms with Crippen LogP contribution in [0.15, 0.2) is 0 Å². The van der Waals surface area contributed by atoms with Crippen LogP contribution >= 0.6 is 0 Å². The zero-order valence-corrected chi connectivity index (χ0v) is 11.0. The Morgan fingerprint density at radius 2 is 2.22 bits per heavy atom. The Hall–Kier alpha value is -1.50. The maximum atomic E-state index is 11.7. The van der Waals surface area contributed by atoms with Gasteiger partial charge in [0.1, 0.15) is 0 Å². The van der Waals surface area contributed by atoms with E-state index in [4.69, 9.17) is 15.9 Å². The van der Waals surface area contributed by atoms with Gasteiger partial charge >= 0.3 is 11.9 Å². The van der Waals surface area contributed by atoms with Crippen LogP contribution in [0.2, 0.25) is 0 Å². The minimum Gasteiger partial charge on any atom is -0.450 e. The Morgan fingerprint density at radius 1 is 1.50 bits per heavy atom. The number of rotatable bonds is 6. The van der Waals surface area contributed by atoms with E-state index >= 15 is 0 Å². The van der Waals surface area contributed by atoms with Crippen LogP contribution in [0.25, 0.3) is 0 Å². The van der Waals surface area contributed by atoms with Crippen molar-refractivity contribution < 1.29 is 19.1 Å². The largest absolute Gasteiger partial charge is 0.450 e. The lowest BCUT2D eigenvalue weighted by molar-refractivity contribution is -0.161. The predicted octanol–water partition coefficient (Wildman–Crippen LogP) is 1.92. The van der Waals surface area contributed by atoms with E-state index in [0.717, 1.165) is 25.7 Å². The van der Waals surface area contributed by atoms with Crippen molar-refractivity contribution in [2.24, 2.45) is 11.8 Å². The molecular formula is C14H20O4. The number of cyclic esters (lactones) is 1. The van der Waals surface area contributed by atoms with Gasteiger partial charge < -0.3 is 9.47 Å². The summed E-state index contributed by atoms with van der Waals surface area (Å²) in [6.07, 6.45) is 8.15. The third-order valence-electron chi connectivity index (χ3n) is 3.31. The van der Waals surface area contributed by atoms with Crippen LogP contribution in [0.4, 0.5) is 0 Å². The van der Waals surface area contributed by atoms with Gasteiger partial charge in [-0.05, 0) is 6.42 Å². The molecule has 1 rings (SSSR count). The highest BCUT2D eigenvalue weighted by Crippen LogP contribution is 2.32. The maximum Gasteiger partial charge on any atom is 0.348 e. The van der Waals surface area contributed by atoms with E-state index in [1.165, 1.54) is 0 Å². The molecule has 0 aromatic carbocycles. The quantitative estimate of drug-likeness (QED) is 0.412. The fraction of sp³-hybridized carbons (Fsp3) is 0.714. The molecule has 0 aromatic heterocycles. The van der Waals surface area contributed by atoms with Crippen LogP contribution in [-0.2, 0) is 19.1 Å². The molecule has 100 valence electrons. The number of terminal acetylenes is 1. The average Bonchev–Trinajstić information content (AvgIpc) is 2.64. The average molecular weight is 252 g/mol. The molecule has 0 radical (unpaired) electrons. The number of carbonyl (C=O) groups is 2. The molecule has 3 atom stereocenters. The second-order valence-corrected chi connectivity index (χ2v) is 4.63. The summed E-state index contributed by atoms with van der Waals surface area (Å²) in [6.45, 7) is 3.87. The molecule has 4 heteroatoms. The van der Waals surface area contributed by atoms with Gasteiger partial charge in [0.25, 0.3) is 0 Å². The van der Waals surface area contributed by atoms with E-state index in [9.17, 15) is 9.59 Å². The van der Waals surface area contributed by atoms with Gasteiger partial charge in [-0.25, -0.2) is 4.79 Å². The van der Waals surface area contributed by atoms with E-state index in [-0.39, 0.29) is 24.4 Å². The van der Waals surface area contributed by atoms with Crippen molar-refractivity contribution >= 4 is 11.9 Å². The van der Waals surface area contributed by atoms with Crippen molar-refractivity contribution in [2.75, 3.05) is 6.61 Å². The molecule has 0 bridgehead atoms. The number of carbonyl (C=O) groups excluding carboxylic acids is 2. The first-order valence-corrected chi connectivity index (χ1v) is 6.42. The molecule has 0 saturated carbocycles. The Morgan fingerprint density at radius 3 is 2.83 bits per heavy atom. The minimum atomic E-state index is -0.794. The Kier molecular flexibility index (Phi) is 5.70. The Bertz CT molecular complexity index is 342. The Labute approximate surface area is 108 Å². The Balaban J connectivity index is 2.52. The summed E-state index contributed by atoms with van der Waals surface area (Å²) in [6, 6.07) is 0. The summed E-state index contributed by atoms with van der Waals surface area (Å²) in [5.74, 6) is 1.06. The monoisotopic (exact) mass is 252 g/mol. The van der Waals surface area contributed by atoms with E-state index in [2.05, 4.69) is 12.8 Å². The SMILES string of the molecule is C#CCOC(=O)[C@@H]1OC(=O)[C@H](CCCCC)[C@@H]1C. The molecule has 0 amide bonds. The van der Waals surface area contributed by atoms with Crippen molar-refractivity contribution in [1.82, 2.24) is 0 Å². The standard InChI is InChI=1S/C14H20O4/c1-4-6-7-8-11-10(3)12(18-13(11)15)14(16)17-9-5-2/h2,10-12H,4,6-9H2,1,3H3/t10-,11+,12+/m0/s1. The highest BCUT2D eigenvalue weighted by Gasteiger charge is 2.45. The summed E-state index contributed by atoms with van der Waals surface area (Å²) >= 11 is 0. The van der Waals surface area contributed by atoms with Crippen LogP contribution in [0, 0.1) is 24.2 Å².